The van der Waals surface area contributed by atoms with Gasteiger partial charge in [-0.2, -0.15) is 4.98 Å². The lowest BCUT2D eigenvalue weighted by Gasteiger charge is -2.32. The summed E-state index contributed by atoms with van der Waals surface area (Å²) in [5, 5.41) is 11.7. The summed E-state index contributed by atoms with van der Waals surface area (Å²) in [6, 6.07) is 1.93. The molecule has 2 rings (SSSR count). The normalized spacial score (nSPS) is 16.9. The van der Waals surface area contributed by atoms with Crippen molar-refractivity contribution in [2.75, 3.05) is 43.6 Å². The molecule has 0 unspecified atom stereocenters. The first-order valence-corrected chi connectivity index (χ1v) is 6.31. The number of hydrogen-bond donors (Lipinski definition) is 2. The van der Waals surface area contributed by atoms with Crippen LogP contribution in [0, 0.1) is 0 Å². The maximum atomic E-state index is 8.73. The van der Waals surface area contributed by atoms with Gasteiger partial charge < -0.3 is 20.1 Å². The van der Waals surface area contributed by atoms with E-state index in [0.717, 1.165) is 31.7 Å². The van der Waals surface area contributed by atoms with Crippen LogP contribution in [0.5, 0.6) is 0 Å². The minimum absolute atomic E-state index is 0.0949. The molecule has 1 aromatic heterocycles. The summed E-state index contributed by atoms with van der Waals surface area (Å²) in [7, 11) is 1.81. The van der Waals surface area contributed by atoms with E-state index in [0.29, 0.717) is 12.6 Å². The van der Waals surface area contributed by atoms with Gasteiger partial charge in [-0.15, -0.1) is 0 Å². The molecular formula is C12H20N4O2. The fourth-order valence-electron chi connectivity index (χ4n) is 2.12. The van der Waals surface area contributed by atoms with Gasteiger partial charge in [-0.1, -0.05) is 0 Å². The Kier molecular flexibility index (Phi) is 4.72. The highest BCUT2D eigenvalue weighted by Gasteiger charge is 2.20. The quantitative estimate of drug-likeness (QED) is 0.795. The first-order chi connectivity index (χ1) is 8.83. The summed E-state index contributed by atoms with van der Waals surface area (Å²) >= 11 is 0. The highest BCUT2D eigenvalue weighted by atomic mass is 16.5. The minimum Gasteiger partial charge on any atom is -0.394 e. The number of aliphatic hydroxyl groups excluding tert-OH is 1. The van der Waals surface area contributed by atoms with Crippen molar-refractivity contribution in [3.63, 3.8) is 0 Å². The zero-order valence-corrected chi connectivity index (χ0v) is 10.7. The Balaban J connectivity index is 1.88. The molecule has 0 bridgehead atoms. The molecule has 2 N–H and O–H groups in total. The van der Waals surface area contributed by atoms with Gasteiger partial charge in [0.15, 0.2) is 0 Å². The third-order valence-corrected chi connectivity index (χ3v) is 3.08. The van der Waals surface area contributed by atoms with E-state index in [2.05, 4.69) is 20.2 Å². The monoisotopic (exact) mass is 252 g/mol. The van der Waals surface area contributed by atoms with Gasteiger partial charge in [0, 0.05) is 26.3 Å². The molecule has 1 aromatic rings. The number of aromatic nitrogens is 2. The molecule has 18 heavy (non-hydrogen) atoms. The molecule has 1 aliphatic heterocycles. The van der Waals surface area contributed by atoms with E-state index in [9.17, 15) is 0 Å². The van der Waals surface area contributed by atoms with E-state index >= 15 is 0 Å². The fourth-order valence-corrected chi connectivity index (χ4v) is 2.12. The largest absolute Gasteiger partial charge is 0.394 e. The molecule has 1 saturated heterocycles. The molecule has 0 aromatic carbocycles. The van der Waals surface area contributed by atoms with Crippen molar-refractivity contribution in [2.45, 2.75) is 18.9 Å². The molecule has 6 heteroatoms. The number of rotatable bonds is 5. The molecule has 1 fully saturated rings. The Labute approximate surface area is 107 Å². The lowest BCUT2D eigenvalue weighted by atomic mass is 10.1. The molecule has 0 radical (unpaired) electrons. The van der Waals surface area contributed by atoms with Gasteiger partial charge >= 0.3 is 0 Å². The summed E-state index contributed by atoms with van der Waals surface area (Å²) in [4.78, 5) is 10.8. The van der Waals surface area contributed by atoms with Crippen molar-refractivity contribution >= 4 is 11.8 Å². The summed E-state index contributed by atoms with van der Waals surface area (Å²) in [6.45, 7) is 2.38. The number of aliphatic hydroxyl groups is 1. The molecule has 0 atom stereocenters. The van der Waals surface area contributed by atoms with Crippen molar-refractivity contribution in [2.24, 2.45) is 0 Å². The fraction of sp³-hybridized carbons (Fsp3) is 0.667. The first-order valence-electron chi connectivity index (χ1n) is 6.31. The van der Waals surface area contributed by atoms with E-state index < -0.39 is 0 Å². The van der Waals surface area contributed by atoms with E-state index in [-0.39, 0.29) is 12.7 Å². The second-order valence-electron chi connectivity index (χ2n) is 4.27. The van der Waals surface area contributed by atoms with Crippen LogP contribution in [-0.4, -0.2) is 54.5 Å². The minimum atomic E-state index is 0.0949. The molecule has 2 heterocycles. The average Bonchev–Trinajstić information content (AvgIpc) is 2.46. The first kappa shape index (κ1) is 13.0. The number of nitrogens with one attached hydrogen (secondary N) is 1. The SMILES string of the molecule is CNc1nccc(N2CCC(OCCO)CC2)n1. The number of nitrogens with zero attached hydrogens (tertiary/aromatic N) is 3. The van der Waals surface area contributed by atoms with Gasteiger partial charge in [0.25, 0.3) is 0 Å². The van der Waals surface area contributed by atoms with Crippen LogP contribution in [0.25, 0.3) is 0 Å². The molecule has 0 saturated carbocycles. The van der Waals surface area contributed by atoms with Crippen molar-refractivity contribution in [1.29, 1.82) is 0 Å². The summed E-state index contributed by atoms with van der Waals surface area (Å²) in [6.07, 6.45) is 3.97. The summed E-state index contributed by atoms with van der Waals surface area (Å²) < 4.78 is 5.54. The van der Waals surface area contributed by atoms with Crippen molar-refractivity contribution in [3.8, 4) is 0 Å². The second-order valence-corrected chi connectivity index (χ2v) is 4.27. The maximum absolute atomic E-state index is 8.73. The zero-order valence-electron chi connectivity index (χ0n) is 10.7. The van der Waals surface area contributed by atoms with Gasteiger partial charge in [-0.05, 0) is 18.9 Å². The maximum Gasteiger partial charge on any atom is 0.224 e. The Morgan fingerprint density at radius 3 is 2.94 bits per heavy atom. The van der Waals surface area contributed by atoms with Crippen LogP contribution in [0.4, 0.5) is 11.8 Å². The van der Waals surface area contributed by atoms with Crippen LogP contribution in [0.3, 0.4) is 0 Å². The second kappa shape index (κ2) is 6.51. The van der Waals surface area contributed by atoms with Crippen LogP contribution in [0.1, 0.15) is 12.8 Å². The lowest BCUT2D eigenvalue weighted by Crippen LogP contribution is -2.37. The predicted molar refractivity (Wildman–Crippen MR) is 69.9 cm³/mol. The molecule has 6 nitrogen and oxygen atoms in total. The van der Waals surface area contributed by atoms with Gasteiger partial charge in [0.1, 0.15) is 5.82 Å². The highest BCUT2D eigenvalue weighted by molar-refractivity contribution is 5.42. The number of hydrogen-bond acceptors (Lipinski definition) is 6. The molecular weight excluding hydrogens is 232 g/mol. The summed E-state index contributed by atoms with van der Waals surface area (Å²) in [5.74, 6) is 1.60. The predicted octanol–water partition coefficient (Wildman–Crippen LogP) is 0.496. The van der Waals surface area contributed by atoms with Gasteiger partial charge in [0.05, 0.1) is 19.3 Å². The van der Waals surface area contributed by atoms with Gasteiger partial charge in [0.2, 0.25) is 5.95 Å². The molecule has 0 spiro atoms. The Bertz CT molecular complexity index is 367. The topological polar surface area (TPSA) is 70.5 Å². The third kappa shape index (κ3) is 3.30. The molecule has 0 amide bonds. The van der Waals surface area contributed by atoms with Crippen LogP contribution < -0.4 is 10.2 Å². The summed E-state index contributed by atoms with van der Waals surface area (Å²) in [5.41, 5.74) is 0. The molecule has 0 aliphatic carbocycles. The van der Waals surface area contributed by atoms with Crippen molar-refractivity contribution in [1.82, 2.24) is 9.97 Å². The highest BCUT2D eigenvalue weighted by Crippen LogP contribution is 2.19. The molecule has 1 aliphatic rings. The van der Waals surface area contributed by atoms with E-state index in [1.54, 1.807) is 6.20 Å². The van der Waals surface area contributed by atoms with Crippen LogP contribution in [0.15, 0.2) is 12.3 Å². The number of piperidine rings is 1. The van der Waals surface area contributed by atoms with Crippen LogP contribution in [0.2, 0.25) is 0 Å². The van der Waals surface area contributed by atoms with Crippen LogP contribution in [-0.2, 0) is 4.74 Å². The van der Waals surface area contributed by atoms with Crippen LogP contribution >= 0.6 is 0 Å². The Morgan fingerprint density at radius 2 is 2.28 bits per heavy atom. The zero-order chi connectivity index (χ0) is 12.8. The standard InChI is InChI=1S/C12H20N4O2/c1-13-12-14-5-2-11(15-12)16-6-3-10(4-7-16)18-9-8-17/h2,5,10,17H,3-4,6-9H2,1H3,(H,13,14,15). The Hall–Kier alpha value is -1.40. The van der Waals surface area contributed by atoms with E-state index in [1.165, 1.54) is 0 Å². The van der Waals surface area contributed by atoms with E-state index in [4.69, 9.17) is 9.84 Å². The smallest absolute Gasteiger partial charge is 0.224 e. The van der Waals surface area contributed by atoms with E-state index in [1.807, 2.05) is 13.1 Å². The van der Waals surface area contributed by atoms with Gasteiger partial charge in [-0.3, -0.25) is 0 Å². The lowest BCUT2D eigenvalue weighted by molar-refractivity contribution is 0.0158. The number of anilines is 2. The van der Waals surface area contributed by atoms with Crippen molar-refractivity contribution in [3.05, 3.63) is 12.3 Å². The average molecular weight is 252 g/mol. The number of ether oxygens (including phenoxy) is 1. The third-order valence-electron chi connectivity index (χ3n) is 3.08. The molecule has 100 valence electrons. The van der Waals surface area contributed by atoms with Crippen molar-refractivity contribution < 1.29 is 9.84 Å². The Morgan fingerprint density at radius 1 is 1.50 bits per heavy atom. The van der Waals surface area contributed by atoms with Gasteiger partial charge in [-0.25, -0.2) is 4.98 Å².